The van der Waals surface area contributed by atoms with Gasteiger partial charge < -0.3 is 21.9 Å². The van der Waals surface area contributed by atoms with Gasteiger partial charge >= 0.3 is 0 Å². The van der Waals surface area contributed by atoms with Crippen LogP contribution in [-0.2, 0) is 11.2 Å². The maximum atomic E-state index is 10.6. The summed E-state index contributed by atoms with van der Waals surface area (Å²) < 4.78 is 0. The molecule has 1 atom stereocenters. The molecule has 90 valence electrons. The molecular weight excluding hydrogens is 220 g/mol. The van der Waals surface area contributed by atoms with Gasteiger partial charge in [-0.1, -0.05) is 0 Å². The molecule has 0 radical (unpaired) electrons. The second kappa shape index (κ2) is 5.72. The molecule has 1 rings (SSSR count). The van der Waals surface area contributed by atoms with Gasteiger partial charge in [-0.15, -0.1) is 0 Å². The smallest absolute Gasteiger partial charge is 0.248 e. The number of nitrogens with zero attached hydrogens (tertiary/aromatic N) is 1. The first-order valence-corrected chi connectivity index (χ1v) is 5.01. The van der Waals surface area contributed by atoms with Crippen molar-refractivity contribution < 1.29 is 9.90 Å². The van der Waals surface area contributed by atoms with E-state index in [1.54, 1.807) is 18.2 Å². The van der Waals surface area contributed by atoms with Crippen LogP contribution in [-0.4, -0.2) is 23.7 Å². The van der Waals surface area contributed by atoms with Gasteiger partial charge in [-0.3, -0.25) is 4.79 Å². The van der Waals surface area contributed by atoms with Crippen molar-refractivity contribution in [2.24, 2.45) is 5.73 Å². The Labute approximate surface area is 98.8 Å². The lowest BCUT2D eigenvalue weighted by atomic mass is 10.1. The van der Waals surface area contributed by atoms with Crippen LogP contribution in [0.1, 0.15) is 5.56 Å². The van der Waals surface area contributed by atoms with Crippen molar-refractivity contribution in [2.75, 3.05) is 17.6 Å². The molecule has 17 heavy (non-hydrogen) atoms. The van der Waals surface area contributed by atoms with Crippen LogP contribution in [0.25, 0.3) is 0 Å². The first-order chi connectivity index (χ1) is 8.04. The van der Waals surface area contributed by atoms with Crippen LogP contribution in [0, 0.1) is 11.3 Å². The van der Waals surface area contributed by atoms with Crippen LogP contribution in [0.3, 0.4) is 0 Å². The van der Waals surface area contributed by atoms with Gasteiger partial charge in [0.25, 0.3) is 0 Å². The van der Waals surface area contributed by atoms with Gasteiger partial charge in [-0.2, -0.15) is 5.26 Å². The highest BCUT2D eigenvalue weighted by Gasteiger charge is 2.10. The molecule has 1 unspecified atom stereocenters. The topological polar surface area (TPSA) is 125 Å². The second-order valence-corrected chi connectivity index (χ2v) is 3.55. The normalized spacial score (nSPS) is 11.5. The minimum absolute atomic E-state index is 0.0191. The summed E-state index contributed by atoms with van der Waals surface area (Å²) >= 11 is 0. The molecule has 0 aliphatic rings. The van der Waals surface area contributed by atoms with E-state index in [0.717, 1.165) is 0 Å². The molecule has 0 fully saturated rings. The van der Waals surface area contributed by atoms with E-state index in [4.69, 9.17) is 16.7 Å². The van der Waals surface area contributed by atoms with E-state index in [1.807, 2.05) is 6.07 Å². The van der Waals surface area contributed by atoms with Gasteiger partial charge in [-0.05, 0) is 23.8 Å². The molecule has 0 saturated carbocycles. The fourth-order valence-electron chi connectivity index (χ4n) is 1.27. The molecule has 1 amide bonds. The highest BCUT2D eigenvalue weighted by Crippen LogP contribution is 2.18. The SMILES string of the molecule is N#CCc1cc(NCC(O)C(N)=O)ccc1N. The lowest BCUT2D eigenvalue weighted by Gasteiger charge is -2.11. The molecule has 0 saturated heterocycles. The van der Waals surface area contributed by atoms with Gasteiger partial charge in [-0.25, -0.2) is 0 Å². The maximum Gasteiger partial charge on any atom is 0.248 e. The Morgan fingerprint density at radius 3 is 2.88 bits per heavy atom. The monoisotopic (exact) mass is 234 g/mol. The molecule has 0 spiro atoms. The lowest BCUT2D eigenvalue weighted by molar-refractivity contribution is -0.125. The molecule has 0 aliphatic carbocycles. The zero-order valence-electron chi connectivity index (χ0n) is 9.18. The number of nitriles is 1. The van der Waals surface area contributed by atoms with Crippen molar-refractivity contribution in [3.63, 3.8) is 0 Å². The highest BCUT2D eigenvalue weighted by molar-refractivity contribution is 5.79. The number of carbonyl (C=O) groups is 1. The van der Waals surface area contributed by atoms with Gasteiger partial charge in [0, 0.05) is 17.9 Å². The largest absolute Gasteiger partial charge is 0.398 e. The zero-order chi connectivity index (χ0) is 12.8. The molecule has 0 heterocycles. The van der Waals surface area contributed by atoms with E-state index in [9.17, 15) is 9.90 Å². The number of hydrogen-bond acceptors (Lipinski definition) is 5. The van der Waals surface area contributed by atoms with Crippen LogP contribution in [0.4, 0.5) is 11.4 Å². The van der Waals surface area contributed by atoms with Crippen molar-refractivity contribution in [3.8, 4) is 6.07 Å². The summed E-state index contributed by atoms with van der Waals surface area (Å²) in [5.74, 6) is -0.787. The van der Waals surface area contributed by atoms with Crippen LogP contribution < -0.4 is 16.8 Å². The average Bonchev–Trinajstić information content (AvgIpc) is 2.29. The summed E-state index contributed by atoms with van der Waals surface area (Å²) in [6, 6.07) is 7.06. The third-order valence-corrected chi connectivity index (χ3v) is 2.24. The van der Waals surface area contributed by atoms with E-state index in [1.165, 1.54) is 0 Å². The van der Waals surface area contributed by atoms with Crippen molar-refractivity contribution in [1.82, 2.24) is 0 Å². The van der Waals surface area contributed by atoms with Crippen LogP contribution >= 0.6 is 0 Å². The number of nitrogens with one attached hydrogen (secondary N) is 1. The first kappa shape index (κ1) is 12.8. The average molecular weight is 234 g/mol. The number of amides is 1. The Kier molecular flexibility index (Phi) is 4.31. The number of primary amides is 1. The third kappa shape index (κ3) is 3.66. The third-order valence-electron chi connectivity index (χ3n) is 2.24. The minimum Gasteiger partial charge on any atom is -0.398 e. The standard InChI is InChI=1S/C11H14N4O2/c12-4-3-7-5-8(1-2-9(7)13)15-6-10(16)11(14)17/h1-2,5,10,15-16H,3,6,13H2,(H2,14,17). The van der Waals surface area contributed by atoms with E-state index >= 15 is 0 Å². The summed E-state index contributed by atoms with van der Waals surface area (Å²) in [4.78, 5) is 10.6. The van der Waals surface area contributed by atoms with Crippen LogP contribution in [0.2, 0.25) is 0 Å². The molecule has 0 aliphatic heterocycles. The number of aliphatic hydroxyl groups excluding tert-OH is 1. The Morgan fingerprint density at radius 1 is 1.59 bits per heavy atom. The van der Waals surface area contributed by atoms with E-state index in [2.05, 4.69) is 5.32 Å². The number of nitrogen functional groups attached to an aromatic ring is 1. The van der Waals surface area contributed by atoms with Gasteiger partial charge in [0.15, 0.2) is 0 Å². The van der Waals surface area contributed by atoms with Crippen LogP contribution in [0.15, 0.2) is 18.2 Å². The number of anilines is 2. The van der Waals surface area contributed by atoms with Crippen molar-refractivity contribution in [3.05, 3.63) is 23.8 Å². The molecule has 0 aromatic heterocycles. The molecule has 1 aromatic rings. The number of nitrogens with two attached hydrogens (primary N) is 2. The molecule has 6 heteroatoms. The highest BCUT2D eigenvalue weighted by atomic mass is 16.3. The molecular formula is C11H14N4O2. The summed E-state index contributed by atoms with van der Waals surface area (Å²) in [6.45, 7) is 0.0191. The number of hydrogen-bond donors (Lipinski definition) is 4. The fraction of sp³-hybridized carbons (Fsp3) is 0.273. The Bertz CT molecular complexity index is 453. The number of benzene rings is 1. The van der Waals surface area contributed by atoms with E-state index < -0.39 is 12.0 Å². The quantitative estimate of drug-likeness (QED) is 0.515. The maximum absolute atomic E-state index is 10.6. The Hall–Kier alpha value is -2.26. The number of rotatable bonds is 5. The number of aliphatic hydroxyl groups is 1. The van der Waals surface area contributed by atoms with Gasteiger partial charge in [0.05, 0.1) is 12.5 Å². The van der Waals surface area contributed by atoms with Crippen LogP contribution in [0.5, 0.6) is 0 Å². The first-order valence-electron chi connectivity index (χ1n) is 5.01. The minimum atomic E-state index is -1.24. The molecule has 1 aromatic carbocycles. The molecule has 6 N–H and O–H groups in total. The predicted molar refractivity (Wildman–Crippen MR) is 63.9 cm³/mol. The number of carbonyl (C=O) groups excluding carboxylic acids is 1. The van der Waals surface area contributed by atoms with Gasteiger partial charge in [0.2, 0.25) is 5.91 Å². The van der Waals surface area contributed by atoms with E-state index in [0.29, 0.717) is 16.9 Å². The zero-order valence-corrected chi connectivity index (χ0v) is 9.18. The summed E-state index contributed by atoms with van der Waals surface area (Å²) in [7, 11) is 0. The van der Waals surface area contributed by atoms with Crippen molar-refractivity contribution in [2.45, 2.75) is 12.5 Å². The summed E-state index contributed by atoms with van der Waals surface area (Å²) in [5, 5.41) is 20.6. The Morgan fingerprint density at radius 2 is 2.29 bits per heavy atom. The summed E-state index contributed by atoms with van der Waals surface area (Å²) in [6.07, 6.45) is -1.04. The van der Waals surface area contributed by atoms with Crippen molar-refractivity contribution in [1.29, 1.82) is 5.26 Å². The fourth-order valence-corrected chi connectivity index (χ4v) is 1.27. The van der Waals surface area contributed by atoms with E-state index in [-0.39, 0.29) is 13.0 Å². The molecule has 6 nitrogen and oxygen atoms in total. The van der Waals surface area contributed by atoms with Gasteiger partial charge in [0.1, 0.15) is 6.10 Å². The predicted octanol–water partition coefficient (Wildman–Crippen LogP) is -0.407. The summed E-state index contributed by atoms with van der Waals surface area (Å²) in [5.41, 5.74) is 12.5. The lowest BCUT2D eigenvalue weighted by Crippen LogP contribution is -2.34. The Balaban J connectivity index is 2.70. The second-order valence-electron chi connectivity index (χ2n) is 3.55. The van der Waals surface area contributed by atoms with Crippen molar-refractivity contribution >= 4 is 17.3 Å². The molecule has 0 bridgehead atoms.